The topological polar surface area (TPSA) is 162 Å². The lowest BCUT2D eigenvalue weighted by molar-refractivity contribution is -0.142. The Balaban J connectivity index is 1.42. The number of nitrogens with one attached hydrogen (secondary N) is 2. The molecule has 0 spiro atoms. The Morgan fingerprint density at radius 2 is 1.72 bits per heavy atom. The molecule has 14 heteroatoms. The molecule has 2 fully saturated rings. The van der Waals surface area contributed by atoms with E-state index in [9.17, 15) is 24.0 Å². The SMILES string of the molecule is CCOc1cc(OC)ccc1CN(CC(=O)N1CCCC(c2cccc(C(=O)N[C@@H](C(=O)NCCOCCC(=O)OC)C3CCCCC3)c2)C1)C(=O)OC(C)(C)C. The van der Waals surface area contributed by atoms with E-state index in [0.29, 0.717) is 42.3 Å². The Morgan fingerprint density at radius 3 is 2.42 bits per heavy atom. The number of amides is 4. The lowest BCUT2D eigenvalue weighted by Gasteiger charge is -2.35. The molecule has 0 bridgehead atoms. The smallest absolute Gasteiger partial charge is 0.411 e. The van der Waals surface area contributed by atoms with Crippen molar-refractivity contribution in [1.82, 2.24) is 20.4 Å². The summed E-state index contributed by atoms with van der Waals surface area (Å²) >= 11 is 0. The summed E-state index contributed by atoms with van der Waals surface area (Å²) in [5.74, 6) is -0.00882. The second-order valence-corrected chi connectivity index (χ2v) is 15.6. The Kier molecular flexibility index (Phi) is 17.5. The Hall–Kier alpha value is -4.85. The van der Waals surface area contributed by atoms with Gasteiger partial charge in [-0.2, -0.15) is 0 Å². The first kappa shape index (κ1) is 44.9. The van der Waals surface area contributed by atoms with E-state index in [0.717, 1.165) is 50.5 Å². The molecule has 1 saturated heterocycles. The zero-order chi connectivity index (χ0) is 41.4. The van der Waals surface area contributed by atoms with Crippen LogP contribution in [0.2, 0.25) is 0 Å². The number of piperidine rings is 1. The van der Waals surface area contributed by atoms with E-state index in [-0.39, 0.29) is 74.8 Å². The van der Waals surface area contributed by atoms with Gasteiger partial charge in [-0.05, 0) is 89.1 Å². The van der Waals surface area contributed by atoms with E-state index in [1.807, 2.05) is 31.2 Å². The van der Waals surface area contributed by atoms with Crippen molar-refractivity contribution in [1.29, 1.82) is 0 Å². The van der Waals surface area contributed by atoms with Crippen molar-refractivity contribution < 1.29 is 47.7 Å². The van der Waals surface area contributed by atoms with Crippen LogP contribution in [-0.2, 0) is 35.1 Å². The molecule has 0 aromatic heterocycles. The van der Waals surface area contributed by atoms with Gasteiger partial charge < -0.3 is 39.2 Å². The number of carbonyl (C=O) groups is 5. The molecule has 2 N–H and O–H groups in total. The van der Waals surface area contributed by atoms with Gasteiger partial charge in [0.25, 0.3) is 5.91 Å². The number of carbonyl (C=O) groups excluding carboxylic acids is 5. The van der Waals surface area contributed by atoms with Gasteiger partial charge in [-0.1, -0.05) is 31.4 Å². The van der Waals surface area contributed by atoms with Crippen molar-refractivity contribution in [3.8, 4) is 11.5 Å². The average molecular weight is 795 g/mol. The van der Waals surface area contributed by atoms with E-state index >= 15 is 0 Å². The number of hydrogen-bond acceptors (Lipinski definition) is 10. The molecule has 4 rings (SSSR count). The number of benzene rings is 2. The van der Waals surface area contributed by atoms with Crippen molar-refractivity contribution >= 4 is 29.8 Å². The van der Waals surface area contributed by atoms with Crippen LogP contribution in [0.1, 0.15) is 106 Å². The highest BCUT2D eigenvalue weighted by Crippen LogP contribution is 2.30. The maximum atomic E-state index is 13.9. The molecule has 1 heterocycles. The highest BCUT2D eigenvalue weighted by atomic mass is 16.6. The summed E-state index contributed by atoms with van der Waals surface area (Å²) < 4.78 is 27.0. The van der Waals surface area contributed by atoms with Gasteiger partial charge in [0.1, 0.15) is 29.7 Å². The minimum atomic E-state index is -0.766. The lowest BCUT2D eigenvalue weighted by Crippen LogP contribution is -2.52. The largest absolute Gasteiger partial charge is 0.497 e. The van der Waals surface area contributed by atoms with E-state index in [2.05, 4.69) is 15.4 Å². The predicted octanol–water partition coefficient (Wildman–Crippen LogP) is 5.61. The predicted molar refractivity (Wildman–Crippen MR) is 214 cm³/mol. The molecule has 2 aliphatic rings. The lowest BCUT2D eigenvalue weighted by atomic mass is 9.83. The Morgan fingerprint density at radius 1 is 0.947 bits per heavy atom. The van der Waals surface area contributed by atoms with E-state index in [1.165, 1.54) is 12.0 Å². The fraction of sp³-hybridized carbons (Fsp3) is 0.605. The first-order valence-electron chi connectivity index (χ1n) is 20.2. The zero-order valence-electron chi connectivity index (χ0n) is 34.6. The minimum absolute atomic E-state index is 0.0137. The van der Waals surface area contributed by atoms with Crippen molar-refractivity contribution in [3.63, 3.8) is 0 Å². The third-order valence-corrected chi connectivity index (χ3v) is 10.2. The molecule has 2 atom stereocenters. The summed E-state index contributed by atoms with van der Waals surface area (Å²) in [4.78, 5) is 69.1. The fourth-order valence-corrected chi connectivity index (χ4v) is 7.28. The number of ether oxygens (including phenoxy) is 5. The van der Waals surface area contributed by atoms with Crippen molar-refractivity contribution in [2.45, 2.75) is 103 Å². The number of hydrogen-bond donors (Lipinski definition) is 2. The van der Waals surface area contributed by atoms with E-state index in [4.69, 9.17) is 18.9 Å². The molecular formula is C43H62N4O10. The van der Waals surface area contributed by atoms with Crippen molar-refractivity contribution in [2.24, 2.45) is 5.92 Å². The fourth-order valence-electron chi connectivity index (χ4n) is 7.28. The Labute approximate surface area is 337 Å². The first-order valence-corrected chi connectivity index (χ1v) is 20.2. The molecule has 2 aromatic rings. The summed E-state index contributed by atoms with van der Waals surface area (Å²) in [7, 11) is 2.89. The molecular weight excluding hydrogens is 732 g/mol. The standard InChI is InChI=1S/C43H62N4O10/c1-7-56-36-26-35(53-5)19-18-34(36)28-47(42(52)57-43(2,3)4)29-37(48)46-22-12-17-33(27-46)31-15-11-16-32(25-31)40(50)45-39(30-13-9-8-10-14-30)41(51)44-21-24-55-23-20-38(49)54-6/h11,15-16,18-19,25-26,30,33,39H,7-10,12-14,17,20-24,27-29H2,1-6H3,(H,44,51)(H,45,50)/t33?,39-/m1/s1. The third kappa shape index (κ3) is 14.2. The summed E-state index contributed by atoms with van der Waals surface area (Å²) in [6, 6.07) is 12.1. The van der Waals surface area contributed by atoms with Crippen LogP contribution in [-0.4, -0.2) is 111 Å². The molecule has 57 heavy (non-hydrogen) atoms. The van der Waals surface area contributed by atoms with Crippen LogP contribution in [0.4, 0.5) is 4.79 Å². The molecule has 314 valence electrons. The van der Waals surface area contributed by atoms with Gasteiger partial charge in [0.2, 0.25) is 11.8 Å². The van der Waals surface area contributed by atoms with Gasteiger partial charge in [0, 0.05) is 42.7 Å². The van der Waals surface area contributed by atoms with Crippen LogP contribution in [0.25, 0.3) is 0 Å². The van der Waals surface area contributed by atoms with Crippen LogP contribution in [0.15, 0.2) is 42.5 Å². The molecule has 1 unspecified atom stereocenters. The second-order valence-electron chi connectivity index (χ2n) is 15.6. The molecule has 2 aromatic carbocycles. The molecule has 1 aliphatic carbocycles. The highest BCUT2D eigenvalue weighted by Gasteiger charge is 2.33. The van der Waals surface area contributed by atoms with Gasteiger partial charge in [-0.15, -0.1) is 0 Å². The normalized spacial score (nSPS) is 16.5. The summed E-state index contributed by atoms with van der Waals surface area (Å²) in [6.07, 6.45) is 5.90. The van der Waals surface area contributed by atoms with Crippen molar-refractivity contribution in [2.75, 3.05) is 60.2 Å². The molecule has 1 saturated carbocycles. The number of nitrogens with zero attached hydrogens (tertiary/aromatic N) is 2. The quantitative estimate of drug-likeness (QED) is 0.143. The number of methoxy groups -OCH3 is 2. The van der Waals surface area contributed by atoms with Crippen LogP contribution < -0.4 is 20.1 Å². The van der Waals surface area contributed by atoms with E-state index in [1.54, 1.807) is 51.0 Å². The number of esters is 1. The third-order valence-electron chi connectivity index (χ3n) is 10.2. The van der Waals surface area contributed by atoms with Gasteiger partial charge in [0.05, 0.1) is 47.0 Å². The van der Waals surface area contributed by atoms with Crippen LogP contribution >= 0.6 is 0 Å². The first-order chi connectivity index (χ1) is 27.3. The second kappa shape index (κ2) is 22.2. The maximum absolute atomic E-state index is 13.9. The van der Waals surface area contributed by atoms with Gasteiger partial charge in [0.15, 0.2) is 0 Å². The van der Waals surface area contributed by atoms with Gasteiger partial charge in [-0.25, -0.2) is 4.79 Å². The number of likely N-dealkylation sites (tertiary alicyclic amines) is 1. The van der Waals surface area contributed by atoms with Crippen molar-refractivity contribution in [3.05, 3.63) is 59.2 Å². The highest BCUT2D eigenvalue weighted by molar-refractivity contribution is 5.97. The molecule has 1 aliphatic heterocycles. The summed E-state index contributed by atoms with van der Waals surface area (Å²) in [6.45, 7) is 9.19. The minimum Gasteiger partial charge on any atom is -0.497 e. The van der Waals surface area contributed by atoms with Gasteiger partial charge >= 0.3 is 12.1 Å². The monoisotopic (exact) mass is 794 g/mol. The maximum Gasteiger partial charge on any atom is 0.411 e. The molecule has 0 radical (unpaired) electrons. The summed E-state index contributed by atoms with van der Waals surface area (Å²) in [5.41, 5.74) is 1.31. The summed E-state index contributed by atoms with van der Waals surface area (Å²) in [5, 5.41) is 5.94. The van der Waals surface area contributed by atoms with E-state index < -0.39 is 17.7 Å². The number of rotatable bonds is 18. The molecule has 14 nitrogen and oxygen atoms in total. The Bertz CT molecular complexity index is 1650. The average Bonchev–Trinajstić information content (AvgIpc) is 3.21. The van der Waals surface area contributed by atoms with Crippen LogP contribution in [0.3, 0.4) is 0 Å². The van der Waals surface area contributed by atoms with Crippen LogP contribution in [0.5, 0.6) is 11.5 Å². The van der Waals surface area contributed by atoms with Crippen LogP contribution in [0, 0.1) is 5.92 Å². The molecule has 4 amide bonds. The van der Waals surface area contributed by atoms with Gasteiger partial charge in [-0.3, -0.25) is 24.1 Å². The zero-order valence-corrected chi connectivity index (χ0v) is 34.6.